The normalized spacial score (nSPS) is 11.5. The Bertz CT molecular complexity index is 763. The lowest BCUT2D eigenvalue weighted by molar-refractivity contribution is -0.122. The van der Waals surface area contributed by atoms with E-state index in [0.29, 0.717) is 17.9 Å². The molecule has 0 aromatic heterocycles. The summed E-state index contributed by atoms with van der Waals surface area (Å²) in [5.41, 5.74) is 0.442. The maximum absolute atomic E-state index is 13.5. The van der Waals surface area contributed by atoms with Gasteiger partial charge in [-0.2, -0.15) is 0 Å². The first-order chi connectivity index (χ1) is 12.0. The molecule has 0 aliphatic carbocycles. The molecular weight excluding hydrogens is 330 g/mol. The lowest BCUT2D eigenvalue weighted by atomic mass is 10.0. The number of ether oxygens (including phenoxy) is 1. The molecule has 132 valence electrons. The molecule has 1 unspecified atom stereocenters. The molecule has 2 aromatic rings. The highest BCUT2D eigenvalue weighted by Gasteiger charge is 2.23. The SMILES string of the molecule is CCOc1ccc(C(=O)NC(C(=O)NC)c2ccc(F)c(F)c2)cc1. The van der Waals surface area contributed by atoms with Gasteiger partial charge in [0, 0.05) is 12.6 Å². The zero-order valence-electron chi connectivity index (χ0n) is 13.8. The van der Waals surface area contributed by atoms with Crippen LogP contribution in [0.4, 0.5) is 8.78 Å². The van der Waals surface area contributed by atoms with E-state index in [1.165, 1.54) is 13.1 Å². The van der Waals surface area contributed by atoms with Gasteiger partial charge in [-0.15, -0.1) is 0 Å². The number of halogens is 2. The second-order valence-electron chi connectivity index (χ2n) is 5.15. The average molecular weight is 348 g/mol. The molecule has 0 fully saturated rings. The average Bonchev–Trinajstić information content (AvgIpc) is 2.62. The Morgan fingerprint density at radius 2 is 1.76 bits per heavy atom. The maximum atomic E-state index is 13.5. The summed E-state index contributed by atoms with van der Waals surface area (Å²) < 4.78 is 31.8. The number of hydrogen-bond donors (Lipinski definition) is 2. The number of nitrogens with one attached hydrogen (secondary N) is 2. The Kier molecular flexibility index (Phi) is 6.05. The predicted octanol–water partition coefficient (Wildman–Crippen LogP) is 2.58. The molecule has 7 heteroatoms. The molecule has 2 amide bonds. The van der Waals surface area contributed by atoms with Crippen molar-refractivity contribution in [3.8, 4) is 5.75 Å². The largest absolute Gasteiger partial charge is 0.494 e. The highest BCUT2D eigenvalue weighted by atomic mass is 19.2. The molecule has 0 heterocycles. The molecule has 0 saturated heterocycles. The number of rotatable bonds is 6. The van der Waals surface area contributed by atoms with E-state index < -0.39 is 29.5 Å². The van der Waals surface area contributed by atoms with Crippen LogP contribution in [0.3, 0.4) is 0 Å². The number of benzene rings is 2. The fourth-order valence-electron chi connectivity index (χ4n) is 2.22. The van der Waals surface area contributed by atoms with Crippen LogP contribution in [0, 0.1) is 11.6 Å². The van der Waals surface area contributed by atoms with Gasteiger partial charge in [0.1, 0.15) is 11.8 Å². The topological polar surface area (TPSA) is 67.4 Å². The Labute approximate surface area is 144 Å². The minimum absolute atomic E-state index is 0.137. The molecule has 0 radical (unpaired) electrons. The Hall–Kier alpha value is -2.96. The highest BCUT2D eigenvalue weighted by Crippen LogP contribution is 2.18. The van der Waals surface area contributed by atoms with Gasteiger partial charge < -0.3 is 15.4 Å². The van der Waals surface area contributed by atoms with Gasteiger partial charge in [0.15, 0.2) is 11.6 Å². The summed E-state index contributed by atoms with van der Waals surface area (Å²) in [5.74, 6) is -2.59. The van der Waals surface area contributed by atoms with Gasteiger partial charge in [-0.05, 0) is 48.9 Å². The third kappa shape index (κ3) is 4.53. The van der Waals surface area contributed by atoms with Gasteiger partial charge in [-0.3, -0.25) is 9.59 Å². The molecule has 25 heavy (non-hydrogen) atoms. The lowest BCUT2D eigenvalue weighted by Gasteiger charge is -2.18. The van der Waals surface area contributed by atoms with Crippen molar-refractivity contribution in [2.75, 3.05) is 13.7 Å². The Morgan fingerprint density at radius 3 is 2.32 bits per heavy atom. The molecule has 0 spiro atoms. The molecule has 2 rings (SSSR count). The molecule has 2 aromatic carbocycles. The van der Waals surface area contributed by atoms with Crippen molar-refractivity contribution in [3.63, 3.8) is 0 Å². The second kappa shape index (κ2) is 8.23. The first-order valence-electron chi connectivity index (χ1n) is 7.66. The number of carbonyl (C=O) groups is 2. The van der Waals surface area contributed by atoms with Crippen molar-refractivity contribution in [1.82, 2.24) is 10.6 Å². The summed E-state index contributed by atoms with van der Waals surface area (Å²) in [6.07, 6.45) is 0. The van der Waals surface area contributed by atoms with Gasteiger partial charge in [-0.25, -0.2) is 8.78 Å². The highest BCUT2D eigenvalue weighted by molar-refractivity contribution is 5.97. The molecular formula is C18H18F2N2O3. The molecule has 0 bridgehead atoms. The first kappa shape index (κ1) is 18.4. The van der Waals surface area contributed by atoms with Crippen LogP contribution in [0.25, 0.3) is 0 Å². The molecule has 5 nitrogen and oxygen atoms in total. The predicted molar refractivity (Wildman–Crippen MR) is 88.2 cm³/mol. The van der Waals surface area contributed by atoms with E-state index in [9.17, 15) is 18.4 Å². The summed E-state index contributed by atoms with van der Waals surface area (Å²) in [6.45, 7) is 2.34. The van der Waals surface area contributed by atoms with E-state index in [1.54, 1.807) is 24.3 Å². The lowest BCUT2D eigenvalue weighted by Crippen LogP contribution is -2.39. The molecule has 0 saturated carbocycles. The van der Waals surface area contributed by atoms with Gasteiger partial charge in [0.2, 0.25) is 5.91 Å². The fraction of sp³-hybridized carbons (Fsp3) is 0.222. The van der Waals surface area contributed by atoms with Crippen molar-refractivity contribution >= 4 is 11.8 Å². The maximum Gasteiger partial charge on any atom is 0.252 e. The minimum atomic E-state index is -1.15. The van der Waals surface area contributed by atoms with E-state index in [-0.39, 0.29) is 5.56 Å². The summed E-state index contributed by atoms with van der Waals surface area (Å²) in [7, 11) is 1.39. The van der Waals surface area contributed by atoms with Crippen LogP contribution in [0.2, 0.25) is 0 Å². The van der Waals surface area contributed by atoms with E-state index in [0.717, 1.165) is 12.1 Å². The van der Waals surface area contributed by atoms with Crippen molar-refractivity contribution in [1.29, 1.82) is 0 Å². The Morgan fingerprint density at radius 1 is 1.08 bits per heavy atom. The Balaban J connectivity index is 2.22. The van der Waals surface area contributed by atoms with Crippen LogP contribution >= 0.6 is 0 Å². The van der Waals surface area contributed by atoms with Crippen LogP contribution in [-0.2, 0) is 4.79 Å². The smallest absolute Gasteiger partial charge is 0.252 e. The standard InChI is InChI=1S/C18H18F2N2O3/c1-3-25-13-7-4-11(5-8-13)17(23)22-16(18(24)21-2)12-6-9-14(19)15(20)10-12/h4-10,16H,3H2,1-2H3,(H,21,24)(H,22,23). The summed E-state index contributed by atoms with van der Waals surface area (Å²) in [4.78, 5) is 24.4. The number of carbonyl (C=O) groups excluding carboxylic acids is 2. The molecule has 0 aliphatic rings. The zero-order valence-corrected chi connectivity index (χ0v) is 13.8. The number of hydrogen-bond acceptors (Lipinski definition) is 3. The van der Waals surface area contributed by atoms with Crippen LogP contribution in [0.5, 0.6) is 5.75 Å². The van der Waals surface area contributed by atoms with Crippen LogP contribution < -0.4 is 15.4 Å². The first-order valence-corrected chi connectivity index (χ1v) is 7.66. The van der Waals surface area contributed by atoms with Crippen LogP contribution in [0.15, 0.2) is 42.5 Å². The fourth-order valence-corrected chi connectivity index (χ4v) is 2.22. The van der Waals surface area contributed by atoms with Gasteiger partial charge in [-0.1, -0.05) is 6.07 Å². The van der Waals surface area contributed by atoms with Gasteiger partial charge >= 0.3 is 0 Å². The van der Waals surface area contributed by atoms with Crippen molar-refractivity contribution in [2.24, 2.45) is 0 Å². The van der Waals surface area contributed by atoms with E-state index >= 15 is 0 Å². The summed E-state index contributed by atoms with van der Waals surface area (Å²) in [5, 5.41) is 4.91. The van der Waals surface area contributed by atoms with Crippen LogP contribution in [0.1, 0.15) is 28.9 Å². The van der Waals surface area contributed by atoms with E-state index in [2.05, 4.69) is 10.6 Å². The van der Waals surface area contributed by atoms with E-state index in [1.807, 2.05) is 6.92 Å². The van der Waals surface area contributed by atoms with Crippen molar-refractivity contribution in [3.05, 3.63) is 65.2 Å². The van der Waals surface area contributed by atoms with E-state index in [4.69, 9.17) is 4.74 Å². The van der Waals surface area contributed by atoms with Crippen molar-refractivity contribution < 1.29 is 23.1 Å². The van der Waals surface area contributed by atoms with Crippen LogP contribution in [-0.4, -0.2) is 25.5 Å². The van der Waals surface area contributed by atoms with Crippen molar-refractivity contribution in [2.45, 2.75) is 13.0 Å². The number of amides is 2. The zero-order chi connectivity index (χ0) is 18.4. The monoisotopic (exact) mass is 348 g/mol. The second-order valence-corrected chi connectivity index (χ2v) is 5.15. The third-order valence-corrected chi connectivity index (χ3v) is 3.49. The molecule has 0 aliphatic heterocycles. The molecule has 2 N–H and O–H groups in total. The minimum Gasteiger partial charge on any atom is -0.494 e. The summed E-state index contributed by atoms with van der Waals surface area (Å²) >= 11 is 0. The molecule has 1 atom stereocenters. The van der Waals surface area contributed by atoms with Gasteiger partial charge in [0.05, 0.1) is 6.61 Å². The summed E-state index contributed by atoms with van der Waals surface area (Å²) in [6, 6.07) is 8.24. The quantitative estimate of drug-likeness (QED) is 0.843. The van der Waals surface area contributed by atoms with Gasteiger partial charge in [0.25, 0.3) is 5.91 Å². The third-order valence-electron chi connectivity index (χ3n) is 3.49. The number of likely N-dealkylation sites (N-methyl/N-ethyl adjacent to an activating group) is 1.